The van der Waals surface area contributed by atoms with E-state index in [1.807, 2.05) is 28.9 Å². The highest BCUT2D eigenvalue weighted by Gasteiger charge is 2.41. The minimum absolute atomic E-state index is 0.189. The Morgan fingerprint density at radius 2 is 1.96 bits per heavy atom. The maximum Gasteiger partial charge on any atom is 0.176 e. The summed E-state index contributed by atoms with van der Waals surface area (Å²) < 4.78 is 7.34. The van der Waals surface area contributed by atoms with Gasteiger partial charge in [-0.1, -0.05) is 19.1 Å². The van der Waals surface area contributed by atoms with Crippen LogP contribution in [0, 0.1) is 5.92 Å². The summed E-state index contributed by atoms with van der Waals surface area (Å²) in [6, 6.07) is 8.23. The monoisotopic (exact) mass is 329 g/mol. The maximum absolute atomic E-state index is 5.51. The van der Waals surface area contributed by atoms with E-state index < -0.39 is 0 Å². The first-order valence-electron chi connectivity index (χ1n) is 8.75. The summed E-state index contributed by atoms with van der Waals surface area (Å²) in [7, 11) is 1.67. The fourth-order valence-corrected chi connectivity index (χ4v) is 3.69. The molecule has 1 aliphatic rings. The molecule has 1 fully saturated rings. The normalized spacial score (nSPS) is 24.3. The van der Waals surface area contributed by atoms with Gasteiger partial charge in [-0.3, -0.25) is 0 Å². The summed E-state index contributed by atoms with van der Waals surface area (Å²) in [6.07, 6.45) is 4.45. The SMILES string of the molecule is COc1ccccc1-n1nnnc1C1(NC(C)C)CCC(C)CC1. The fourth-order valence-electron chi connectivity index (χ4n) is 3.69. The number of nitrogens with zero attached hydrogens (tertiary/aromatic N) is 4. The molecule has 6 heteroatoms. The van der Waals surface area contributed by atoms with Gasteiger partial charge in [-0.05, 0) is 68.0 Å². The van der Waals surface area contributed by atoms with Crippen LogP contribution in [0.3, 0.4) is 0 Å². The predicted octanol–water partition coefficient (Wildman–Crippen LogP) is 3.07. The Balaban J connectivity index is 2.06. The molecule has 1 N–H and O–H groups in total. The zero-order valence-electron chi connectivity index (χ0n) is 15.0. The lowest BCUT2D eigenvalue weighted by atomic mass is 9.76. The Labute approximate surface area is 143 Å². The predicted molar refractivity (Wildman–Crippen MR) is 93.3 cm³/mol. The summed E-state index contributed by atoms with van der Waals surface area (Å²) in [6.45, 7) is 6.68. The number of nitrogens with one attached hydrogen (secondary N) is 1. The number of aromatic nitrogens is 4. The highest BCUT2D eigenvalue weighted by Crippen LogP contribution is 2.40. The first-order chi connectivity index (χ1) is 11.6. The molecule has 0 radical (unpaired) electrons. The second kappa shape index (κ2) is 6.89. The zero-order chi connectivity index (χ0) is 17.2. The van der Waals surface area contributed by atoms with Crippen molar-refractivity contribution < 1.29 is 4.74 Å². The van der Waals surface area contributed by atoms with E-state index >= 15 is 0 Å². The van der Waals surface area contributed by atoms with Crippen LogP contribution in [0.1, 0.15) is 52.3 Å². The van der Waals surface area contributed by atoms with Crippen LogP contribution >= 0.6 is 0 Å². The van der Waals surface area contributed by atoms with Crippen LogP contribution in [-0.2, 0) is 5.54 Å². The number of rotatable bonds is 5. The molecule has 0 atom stereocenters. The number of tetrazole rings is 1. The van der Waals surface area contributed by atoms with Gasteiger partial charge < -0.3 is 10.1 Å². The lowest BCUT2D eigenvalue weighted by Crippen LogP contribution is -2.50. The van der Waals surface area contributed by atoms with E-state index in [9.17, 15) is 0 Å². The van der Waals surface area contributed by atoms with Crippen LogP contribution in [0.15, 0.2) is 24.3 Å². The molecular formula is C18H27N5O. The van der Waals surface area contributed by atoms with Gasteiger partial charge >= 0.3 is 0 Å². The summed E-state index contributed by atoms with van der Waals surface area (Å²) in [4.78, 5) is 0. The van der Waals surface area contributed by atoms with E-state index in [0.29, 0.717) is 6.04 Å². The Kier molecular flexibility index (Phi) is 4.85. The molecule has 6 nitrogen and oxygen atoms in total. The van der Waals surface area contributed by atoms with Gasteiger partial charge in [-0.2, -0.15) is 4.68 Å². The van der Waals surface area contributed by atoms with E-state index in [-0.39, 0.29) is 5.54 Å². The van der Waals surface area contributed by atoms with Crippen molar-refractivity contribution in [2.75, 3.05) is 7.11 Å². The topological polar surface area (TPSA) is 64.9 Å². The largest absolute Gasteiger partial charge is 0.494 e. The van der Waals surface area contributed by atoms with Crippen molar-refractivity contribution in [2.45, 2.75) is 58.0 Å². The average Bonchev–Trinajstić information content (AvgIpc) is 3.07. The molecule has 130 valence electrons. The molecule has 3 rings (SSSR count). The molecule has 24 heavy (non-hydrogen) atoms. The van der Waals surface area contributed by atoms with Gasteiger partial charge in [0, 0.05) is 6.04 Å². The minimum Gasteiger partial charge on any atom is -0.494 e. The Morgan fingerprint density at radius 1 is 1.25 bits per heavy atom. The van der Waals surface area contributed by atoms with E-state index in [1.165, 1.54) is 12.8 Å². The number of benzene rings is 1. The first kappa shape index (κ1) is 16.9. The third kappa shape index (κ3) is 3.15. The van der Waals surface area contributed by atoms with Gasteiger partial charge in [0.1, 0.15) is 11.4 Å². The van der Waals surface area contributed by atoms with Gasteiger partial charge in [0.2, 0.25) is 0 Å². The number of methoxy groups -OCH3 is 1. The van der Waals surface area contributed by atoms with Crippen molar-refractivity contribution in [2.24, 2.45) is 5.92 Å². The van der Waals surface area contributed by atoms with E-state index in [0.717, 1.165) is 36.0 Å². The third-order valence-electron chi connectivity index (χ3n) is 4.90. The first-order valence-corrected chi connectivity index (χ1v) is 8.75. The van der Waals surface area contributed by atoms with Crippen LogP contribution < -0.4 is 10.1 Å². The van der Waals surface area contributed by atoms with E-state index in [4.69, 9.17) is 4.74 Å². The van der Waals surface area contributed by atoms with Crippen LogP contribution in [0.25, 0.3) is 5.69 Å². The zero-order valence-corrected chi connectivity index (χ0v) is 15.0. The highest BCUT2D eigenvalue weighted by atomic mass is 16.5. The maximum atomic E-state index is 5.51. The molecule has 1 heterocycles. The van der Waals surface area contributed by atoms with Gasteiger partial charge in [-0.15, -0.1) is 5.10 Å². The van der Waals surface area contributed by atoms with Gasteiger partial charge in [0.05, 0.1) is 12.6 Å². The number of hydrogen-bond acceptors (Lipinski definition) is 5. The van der Waals surface area contributed by atoms with Crippen molar-refractivity contribution in [1.29, 1.82) is 0 Å². The van der Waals surface area contributed by atoms with E-state index in [1.54, 1.807) is 7.11 Å². The molecule has 0 spiro atoms. The smallest absolute Gasteiger partial charge is 0.176 e. The molecule has 0 amide bonds. The molecule has 0 saturated heterocycles. The van der Waals surface area contributed by atoms with Crippen molar-refractivity contribution in [3.05, 3.63) is 30.1 Å². The minimum atomic E-state index is -0.189. The Morgan fingerprint density at radius 3 is 2.62 bits per heavy atom. The molecule has 2 aromatic rings. The summed E-state index contributed by atoms with van der Waals surface area (Å²) in [5.41, 5.74) is 0.689. The van der Waals surface area contributed by atoms with Crippen molar-refractivity contribution in [1.82, 2.24) is 25.5 Å². The van der Waals surface area contributed by atoms with Gasteiger partial charge in [0.25, 0.3) is 0 Å². The van der Waals surface area contributed by atoms with Gasteiger partial charge in [-0.25, -0.2) is 0 Å². The van der Waals surface area contributed by atoms with Crippen molar-refractivity contribution in [3.63, 3.8) is 0 Å². The standard InChI is InChI=1S/C18H27N5O/c1-13(2)19-18(11-9-14(3)10-12-18)17-20-21-22-23(17)15-7-5-6-8-16(15)24-4/h5-8,13-14,19H,9-12H2,1-4H3. The Hall–Kier alpha value is -1.95. The molecule has 0 aliphatic heterocycles. The molecular weight excluding hydrogens is 302 g/mol. The summed E-state index contributed by atoms with van der Waals surface area (Å²) in [5, 5.41) is 16.5. The van der Waals surface area contributed by atoms with Crippen LogP contribution in [-0.4, -0.2) is 33.4 Å². The lowest BCUT2D eigenvalue weighted by Gasteiger charge is -2.40. The third-order valence-corrected chi connectivity index (χ3v) is 4.90. The molecule has 0 unspecified atom stereocenters. The summed E-state index contributed by atoms with van der Waals surface area (Å²) >= 11 is 0. The number of ether oxygens (including phenoxy) is 1. The number of hydrogen-bond donors (Lipinski definition) is 1. The van der Waals surface area contributed by atoms with Crippen LogP contribution in [0.2, 0.25) is 0 Å². The lowest BCUT2D eigenvalue weighted by molar-refractivity contribution is 0.170. The fraction of sp³-hybridized carbons (Fsp3) is 0.611. The Bertz CT molecular complexity index is 674. The molecule has 1 aromatic carbocycles. The molecule has 1 saturated carbocycles. The molecule has 1 aliphatic carbocycles. The van der Waals surface area contributed by atoms with Crippen molar-refractivity contribution >= 4 is 0 Å². The number of para-hydroxylation sites is 2. The second-order valence-electron chi connectivity index (χ2n) is 7.15. The van der Waals surface area contributed by atoms with Crippen LogP contribution in [0.4, 0.5) is 0 Å². The molecule has 0 bridgehead atoms. The van der Waals surface area contributed by atoms with E-state index in [2.05, 4.69) is 41.6 Å². The highest BCUT2D eigenvalue weighted by molar-refractivity contribution is 5.46. The average molecular weight is 329 g/mol. The second-order valence-corrected chi connectivity index (χ2v) is 7.15. The van der Waals surface area contributed by atoms with Gasteiger partial charge in [0.15, 0.2) is 5.82 Å². The summed E-state index contributed by atoms with van der Waals surface area (Å²) in [5.74, 6) is 2.41. The van der Waals surface area contributed by atoms with Crippen molar-refractivity contribution in [3.8, 4) is 11.4 Å². The molecule has 1 aromatic heterocycles. The van der Waals surface area contributed by atoms with Crippen LogP contribution in [0.5, 0.6) is 5.75 Å². The quantitative estimate of drug-likeness (QED) is 0.913.